The average Bonchev–Trinajstić information content (AvgIpc) is 3.32. The van der Waals surface area contributed by atoms with Crippen LogP contribution in [0.4, 0.5) is 11.4 Å². The highest BCUT2D eigenvalue weighted by atomic mass is 16.4. The normalized spacial score (nSPS) is 16.1. The van der Waals surface area contributed by atoms with E-state index in [9.17, 15) is 19.5 Å². The van der Waals surface area contributed by atoms with Crippen molar-refractivity contribution in [2.24, 2.45) is 0 Å². The molecule has 3 amide bonds. The molecule has 0 aliphatic carbocycles. The molecule has 1 fully saturated rings. The van der Waals surface area contributed by atoms with Crippen molar-refractivity contribution >= 4 is 29.1 Å². The van der Waals surface area contributed by atoms with Crippen LogP contribution in [-0.2, 0) is 20.0 Å². The van der Waals surface area contributed by atoms with Crippen molar-refractivity contribution in [3.8, 4) is 0 Å². The molecule has 3 rings (SSSR count). The van der Waals surface area contributed by atoms with Gasteiger partial charge in [-0.15, -0.1) is 0 Å². The molecule has 1 aromatic heterocycles. The molecule has 0 spiro atoms. The predicted molar refractivity (Wildman–Crippen MR) is 97.9 cm³/mol. The van der Waals surface area contributed by atoms with Crippen molar-refractivity contribution in [1.82, 2.24) is 5.32 Å². The molecule has 1 aromatic carbocycles. The SMILES string of the molecule is CC(O)(CNC(=O)C(=O)Nc1cccc(N2CCCC2=O)c1)c1ccco1. The number of carbonyl (C=O) groups excluding carboxylic acids is 3. The lowest BCUT2D eigenvalue weighted by Gasteiger charge is -2.21. The fourth-order valence-electron chi connectivity index (χ4n) is 2.87. The second-order valence-electron chi connectivity index (χ2n) is 6.59. The molecule has 2 heterocycles. The minimum absolute atomic E-state index is 0.0383. The first-order chi connectivity index (χ1) is 12.9. The summed E-state index contributed by atoms with van der Waals surface area (Å²) in [7, 11) is 0. The molecular formula is C19H21N3O5. The summed E-state index contributed by atoms with van der Waals surface area (Å²) in [5, 5.41) is 15.2. The zero-order chi connectivity index (χ0) is 19.4. The molecule has 1 aliphatic rings. The Labute approximate surface area is 156 Å². The highest BCUT2D eigenvalue weighted by Gasteiger charge is 2.28. The van der Waals surface area contributed by atoms with Crippen LogP contribution >= 0.6 is 0 Å². The van der Waals surface area contributed by atoms with E-state index in [1.165, 1.54) is 13.2 Å². The van der Waals surface area contributed by atoms with Crippen molar-refractivity contribution in [2.45, 2.75) is 25.4 Å². The Morgan fingerprint density at radius 3 is 2.74 bits per heavy atom. The van der Waals surface area contributed by atoms with E-state index in [-0.39, 0.29) is 18.2 Å². The molecule has 1 aliphatic heterocycles. The molecule has 3 N–H and O–H groups in total. The fourth-order valence-corrected chi connectivity index (χ4v) is 2.87. The fraction of sp³-hybridized carbons (Fsp3) is 0.316. The van der Waals surface area contributed by atoms with Crippen LogP contribution in [-0.4, -0.2) is 35.9 Å². The molecule has 1 saturated heterocycles. The van der Waals surface area contributed by atoms with Gasteiger partial charge in [0, 0.05) is 24.3 Å². The van der Waals surface area contributed by atoms with Crippen molar-refractivity contribution in [3.05, 3.63) is 48.4 Å². The van der Waals surface area contributed by atoms with Gasteiger partial charge in [0.1, 0.15) is 11.4 Å². The van der Waals surface area contributed by atoms with Gasteiger partial charge >= 0.3 is 11.8 Å². The van der Waals surface area contributed by atoms with E-state index in [2.05, 4.69) is 10.6 Å². The second kappa shape index (κ2) is 7.63. The minimum Gasteiger partial charge on any atom is -0.466 e. The highest BCUT2D eigenvalue weighted by Crippen LogP contribution is 2.24. The van der Waals surface area contributed by atoms with E-state index in [0.717, 1.165) is 6.42 Å². The van der Waals surface area contributed by atoms with E-state index < -0.39 is 17.4 Å². The number of furan rings is 1. The number of amides is 3. The molecular weight excluding hydrogens is 350 g/mol. The summed E-state index contributed by atoms with van der Waals surface area (Å²) in [5.41, 5.74) is -0.350. The quantitative estimate of drug-likeness (QED) is 0.687. The Morgan fingerprint density at radius 2 is 2.07 bits per heavy atom. The number of nitrogens with one attached hydrogen (secondary N) is 2. The van der Waals surface area contributed by atoms with Crippen LogP contribution in [0.15, 0.2) is 47.1 Å². The summed E-state index contributed by atoms with van der Waals surface area (Å²) in [5.74, 6) is -1.43. The number of rotatable bonds is 5. The molecule has 1 unspecified atom stereocenters. The second-order valence-corrected chi connectivity index (χ2v) is 6.59. The van der Waals surface area contributed by atoms with E-state index in [4.69, 9.17) is 4.42 Å². The summed E-state index contributed by atoms with van der Waals surface area (Å²) < 4.78 is 5.12. The molecule has 0 saturated carbocycles. The van der Waals surface area contributed by atoms with E-state index in [0.29, 0.717) is 24.3 Å². The Morgan fingerprint density at radius 1 is 1.26 bits per heavy atom. The lowest BCUT2D eigenvalue weighted by molar-refractivity contribution is -0.136. The van der Waals surface area contributed by atoms with Gasteiger partial charge < -0.3 is 25.1 Å². The van der Waals surface area contributed by atoms with E-state index >= 15 is 0 Å². The summed E-state index contributed by atoms with van der Waals surface area (Å²) in [6, 6.07) is 9.96. The average molecular weight is 371 g/mol. The molecule has 2 aromatic rings. The standard InChI is InChI=1S/C19H21N3O5/c1-19(26,15-7-4-10-27-15)12-20-17(24)18(25)21-13-5-2-6-14(11-13)22-9-3-8-16(22)23/h2,4-7,10-11,26H,3,8-9,12H2,1H3,(H,20,24)(H,21,25). The number of carbonyl (C=O) groups is 3. The maximum atomic E-state index is 12.1. The molecule has 0 bridgehead atoms. The van der Waals surface area contributed by atoms with Gasteiger partial charge in [-0.25, -0.2) is 0 Å². The largest absolute Gasteiger partial charge is 0.466 e. The monoisotopic (exact) mass is 371 g/mol. The molecule has 1 atom stereocenters. The summed E-state index contributed by atoms with van der Waals surface area (Å²) >= 11 is 0. The Bertz CT molecular complexity index is 845. The first-order valence-electron chi connectivity index (χ1n) is 8.63. The Balaban J connectivity index is 1.58. The lowest BCUT2D eigenvalue weighted by Crippen LogP contribution is -2.43. The zero-order valence-corrected chi connectivity index (χ0v) is 14.9. The van der Waals surface area contributed by atoms with Crippen molar-refractivity contribution < 1.29 is 23.9 Å². The summed E-state index contributed by atoms with van der Waals surface area (Å²) in [6.07, 6.45) is 2.72. The van der Waals surface area contributed by atoms with Gasteiger partial charge in [0.15, 0.2) is 0 Å². The van der Waals surface area contributed by atoms with Crippen molar-refractivity contribution in [3.63, 3.8) is 0 Å². The number of hydrogen-bond donors (Lipinski definition) is 3. The molecule has 8 heteroatoms. The van der Waals surface area contributed by atoms with Crippen LogP contribution in [0.2, 0.25) is 0 Å². The van der Waals surface area contributed by atoms with Gasteiger partial charge in [0.2, 0.25) is 5.91 Å². The van der Waals surface area contributed by atoms with Crippen LogP contribution in [0.3, 0.4) is 0 Å². The van der Waals surface area contributed by atoms with Gasteiger partial charge in [-0.1, -0.05) is 6.07 Å². The zero-order valence-electron chi connectivity index (χ0n) is 14.9. The molecule has 142 valence electrons. The smallest absolute Gasteiger partial charge is 0.313 e. The minimum atomic E-state index is -1.44. The lowest BCUT2D eigenvalue weighted by atomic mass is 10.0. The van der Waals surface area contributed by atoms with Crippen LogP contribution in [0.5, 0.6) is 0 Å². The number of nitrogens with zero attached hydrogens (tertiary/aromatic N) is 1. The first kappa shape index (κ1) is 18.7. The highest BCUT2D eigenvalue weighted by molar-refractivity contribution is 6.39. The summed E-state index contributed by atoms with van der Waals surface area (Å²) in [4.78, 5) is 37.6. The third kappa shape index (κ3) is 4.35. The van der Waals surface area contributed by atoms with E-state index in [1.807, 2.05) is 0 Å². The van der Waals surface area contributed by atoms with E-state index in [1.54, 1.807) is 41.3 Å². The number of benzene rings is 1. The Hall–Kier alpha value is -3.13. The molecule has 8 nitrogen and oxygen atoms in total. The number of anilines is 2. The molecule has 0 radical (unpaired) electrons. The third-order valence-electron chi connectivity index (χ3n) is 4.34. The van der Waals surface area contributed by atoms with Crippen LogP contribution in [0, 0.1) is 0 Å². The summed E-state index contributed by atoms with van der Waals surface area (Å²) in [6.45, 7) is 1.92. The van der Waals surface area contributed by atoms with Gasteiger partial charge in [-0.2, -0.15) is 0 Å². The maximum absolute atomic E-state index is 12.1. The van der Waals surface area contributed by atoms with Crippen LogP contribution < -0.4 is 15.5 Å². The topological polar surface area (TPSA) is 112 Å². The molecule has 27 heavy (non-hydrogen) atoms. The van der Waals surface area contributed by atoms with Crippen molar-refractivity contribution in [2.75, 3.05) is 23.3 Å². The number of hydrogen-bond acceptors (Lipinski definition) is 5. The van der Waals surface area contributed by atoms with Gasteiger partial charge in [-0.05, 0) is 43.7 Å². The van der Waals surface area contributed by atoms with Crippen molar-refractivity contribution in [1.29, 1.82) is 0 Å². The predicted octanol–water partition coefficient (Wildman–Crippen LogP) is 1.37. The first-order valence-corrected chi connectivity index (χ1v) is 8.63. The van der Waals surface area contributed by atoms with Gasteiger partial charge in [0.05, 0.1) is 12.8 Å². The van der Waals surface area contributed by atoms with Gasteiger partial charge in [-0.3, -0.25) is 14.4 Å². The third-order valence-corrected chi connectivity index (χ3v) is 4.34. The Kier molecular flexibility index (Phi) is 5.27. The maximum Gasteiger partial charge on any atom is 0.313 e. The van der Waals surface area contributed by atoms with Crippen LogP contribution in [0.25, 0.3) is 0 Å². The van der Waals surface area contributed by atoms with Crippen LogP contribution in [0.1, 0.15) is 25.5 Å². The number of aliphatic hydroxyl groups is 1. The van der Waals surface area contributed by atoms with Gasteiger partial charge in [0.25, 0.3) is 0 Å².